The number of benzene rings is 1. The Morgan fingerprint density at radius 2 is 2.00 bits per heavy atom. The lowest BCUT2D eigenvalue weighted by Crippen LogP contribution is -2.65. The molecule has 6 heteroatoms. The first kappa shape index (κ1) is 14.0. The lowest BCUT2D eigenvalue weighted by atomic mass is 9.89. The molecular weight excluding hydrogens is 275 g/mol. The Balaban J connectivity index is 1.48. The van der Waals surface area contributed by atoms with E-state index in [9.17, 15) is 19.1 Å². The van der Waals surface area contributed by atoms with E-state index in [1.165, 1.54) is 23.1 Å². The van der Waals surface area contributed by atoms with Crippen LogP contribution in [0.25, 0.3) is 0 Å². The van der Waals surface area contributed by atoms with E-state index in [1.807, 2.05) is 0 Å². The molecule has 2 fully saturated rings. The molecule has 2 amide bonds. The van der Waals surface area contributed by atoms with Gasteiger partial charge in [0.15, 0.2) is 0 Å². The third kappa shape index (κ3) is 2.76. The number of nitrogens with zero attached hydrogens (tertiary/aromatic N) is 1. The Morgan fingerprint density at radius 1 is 1.33 bits per heavy atom. The van der Waals surface area contributed by atoms with Gasteiger partial charge in [-0.1, -0.05) is 12.1 Å². The van der Waals surface area contributed by atoms with Crippen molar-refractivity contribution in [3.05, 3.63) is 35.6 Å². The molecule has 3 rings (SSSR count). The number of aliphatic hydroxyl groups is 1. The molecular formula is C15H17FN2O3. The largest absolute Gasteiger partial charge is 0.386 e. The summed E-state index contributed by atoms with van der Waals surface area (Å²) in [7, 11) is 0. The summed E-state index contributed by atoms with van der Waals surface area (Å²) in [5, 5.41) is 12.5. The van der Waals surface area contributed by atoms with E-state index in [-0.39, 0.29) is 18.0 Å². The Bertz CT molecular complexity index is 580. The highest BCUT2D eigenvalue weighted by molar-refractivity contribution is 5.96. The Morgan fingerprint density at radius 3 is 2.62 bits per heavy atom. The molecule has 112 valence electrons. The second-order valence-electron chi connectivity index (χ2n) is 5.79. The summed E-state index contributed by atoms with van der Waals surface area (Å²) in [4.78, 5) is 25.2. The van der Waals surface area contributed by atoms with Gasteiger partial charge in [-0.3, -0.25) is 9.59 Å². The maximum Gasteiger partial charge on any atom is 0.254 e. The number of rotatable bonds is 4. The Hall–Kier alpha value is -1.95. The number of halogens is 1. The van der Waals surface area contributed by atoms with Crippen LogP contribution >= 0.6 is 0 Å². The number of likely N-dealkylation sites (tertiary alicyclic amines) is 1. The monoisotopic (exact) mass is 292 g/mol. The van der Waals surface area contributed by atoms with Crippen LogP contribution in [0.2, 0.25) is 0 Å². The second kappa shape index (κ2) is 5.11. The molecule has 21 heavy (non-hydrogen) atoms. The molecule has 5 nitrogen and oxygen atoms in total. The number of hydrogen-bond donors (Lipinski definition) is 2. The van der Waals surface area contributed by atoms with Crippen molar-refractivity contribution in [1.82, 2.24) is 10.2 Å². The van der Waals surface area contributed by atoms with Crippen LogP contribution in [0.1, 0.15) is 23.2 Å². The summed E-state index contributed by atoms with van der Waals surface area (Å²) in [6.45, 7) is 0.464. The van der Waals surface area contributed by atoms with E-state index in [2.05, 4.69) is 5.32 Å². The van der Waals surface area contributed by atoms with Crippen LogP contribution in [-0.2, 0) is 4.79 Å². The van der Waals surface area contributed by atoms with Crippen LogP contribution in [0.5, 0.6) is 0 Å². The molecule has 1 heterocycles. The first-order valence-electron chi connectivity index (χ1n) is 7.02. The van der Waals surface area contributed by atoms with Crippen LogP contribution in [0, 0.1) is 11.7 Å². The molecule has 0 aromatic heterocycles. The number of hydrogen-bond acceptors (Lipinski definition) is 3. The van der Waals surface area contributed by atoms with E-state index < -0.39 is 17.3 Å². The van der Waals surface area contributed by atoms with E-state index in [4.69, 9.17) is 0 Å². The van der Waals surface area contributed by atoms with Crippen LogP contribution < -0.4 is 5.32 Å². The quantitative estimate of drug-likeness (QED) is 0.851. The van der Waals surface area contributed by atoms with Gasteiger partial charge in [-0.25, -0.2) is 4.39 Å². The lowest BCUT2D eigenvalue weighted by molar-refractivity contribution is -0.158. The van der Waals surface area contributed by atoms with Crippen molar-refractivity contribution in [1.29, 1.82) is 0 Å². The summed E-state index contributed by atoms with van der Waals surface area (Å²) in [6.07, 6.45) is 2.03. The molecule has 0 spiro atoms. The minimum absolute atomic E-state index is 0.0802. The predicted octanol–water partition coefficient (Wildman–Crippen LogP) is 0.539. The molecule has 1 aromatic carbocycles. The van der Waals surface area contributed by atoms with Gasteiger partial charge in [0.25, 0.3) is 5.91 Å². The number of amides is 2. The molecule has 1 saturated heterocycles. The summed E-state index contributed by atoms with van der Waals surface area (Å²) in [5.41, 5.74) is -0.811. The van der Waals surface area contributed by atoms with Gasteiger partial charge in [0.2, 0.25) is 5.91 Å². The minimum Gasteiger partial charge on any atom is -0.386 e. The average molecular weight is 292 g/mol. The molecule has 0 atom stereocenters. The first-order valence-corrected chi connectivity index (χ1v) is 7.02. The molecule has 1 aliphatic heterocycles. The number of β-amino-alcohol motifs (C(OH)–C–C–N with tert-alkyl or cyclic N) is 1. The maximum atomic E-state index is 13.4. The fourth-order valence-corrected chi connectivity index (χ4v) is 2.68. The molecule has 1 aromatic rings. The second-order valence-corrected chi connectivity index (χ2v) is 5.79. The normalized spacial score (nSPS) is 19.8. The molecule has 0 unspecified atom stereocenters. The smallest absolute Gasteiger partial charge is 0.254 e. The summed E-state index contributed by atoms with van der Waals surface area (Å²) in [5.74, 6) is -1.17. The van der Waals surface area contributed by atoms with Crippen molar-refractivity contribution < 1.29 is 19.1 Å². The number of carbonyl (C=O) groups is 2. The third-order valence-corrected chi connectivity index (χ3v) is 4.14. The summed E-state index contributed by atoms with van der Waals surface area (Å²) in [6, 6.07) is 5.62. The topological polar surface area (TPSA) is 69.6 Å². The van der Waals surface area contributed by atoms with Crippen molar-refractivity contribution in [3.8, 4) is 0 Å². The molecule has 2 N–H and O–H groups in total. The third-order valence-electron chi connectivity index (χ3n) is 4.14. The van der Waals surface area contributed by atoms with Crippen LogP contribution in [0.3, 0.4) is 0 Å². The van der Waals surface area contributed by atoms with Crippen LogP contribution in [0.4, 0.5) is 4.39 Å². The van der Waals surface area contributed by atoms with Gasteiger partial charge in [-0.15, -0.1) is 0 Å². The van der Waals surface area contributed by atoms with Crippen molar-refractivity contribution in [3.63, 3.8) is 0 Å². The van der Waals surface area contributed by atoms with Crippen molar-refractivity contribution >= 4 is 11.8 Å². The van der Waals surface area contributed by atoms with Gasteiger partial charge < -0.3 is 15.3 Å². The van der Waals surface area contributed by atoms with Gasteiger partial charge in [0, 0.05) is 0 Å². The highest BCUT2D eigenvalue weighted by Gasteiger charge is 2.53. The van der Waals surface area contributed by atoms with Crippen LogP contribution in [-0.4, -0.2) is 47.1 Å². The fraction of sp³-hybridized carbons (Fsp3) is 0.467. The zero-order valence-electron chi connectivity index (χ0n) is 11.5. The highest BCUT2D eigenvalue weighted by Crippen LogP contribution is 2.44. The molecule has 0 radical (unpaired) electrons. The van der Waals surface area contributed by atoms with Crippen LogP contribution in [0.15, 0.2) is 24.3 Å². The van der Waals surface area contributed by atoms with E-state index in [1.54, 1.807) is 6.07 Å². The lowest BCUT2D eigenvalue weighted by Gasteiger charge is -2.47. The van der Waals surface area contributed by atoms with E-state index >= 15 is 0 Å². The standard InChI is InChI=1S/C15H17FN2O3/c16-12-4-2-1-3-11(12)14(20)17-7-13(19)18-8-15(21,9-18)10-5-6-10/h1-4,10,21H,5-9H2,(H,17,20). The molecule has 2 aliphatic rings. The first-order chi connectivity index (χ1) is 9.99. The Kier molecular flexibility index (Phi) is 3.41. The molecule has 0 bridgehead atoms. The molecule has 1 aliphatic carbocycles. The Labute approximate surface area is 121 Å². The van der Waals surface area contributed by atoms with Crippen molar-refractivity contribution in [2.75, 3.05) is 19.6 Å². The maximum absolute atomic E-state index is 13.4. The number of nitrogens with one attached hydrogen (secondary N) is 1. The van der Waals surface area contributed by atoms with Crippen molar-refractivity contribution in [2.45, 2.75) is 18.4 Å². The minimum atomic E-state index is -0.731. The SMILES string of the molecule is O=C(NCC(=O)N1CC(O)(C2CC2)C1)c1ccccc1F. The van der Waals surface area contributed by atoms with Gasteiger partial charge in [-0.05, 0) is 30.9 Å². The average Bonchev–Trinajstić information content (AvgIpc) is 3.26. The fourth-order valence-electron chi connectivity index (χ4n) is 2.68. The van der Waals surface area contributed by atoms with Gasteiger partial charge in [0.1, 0.15) is 11.4 Å². The van der Waals surface area contributed by atoms with Gasteiger partial charge >= 0.3 is 0 Å². The van der Waals surface area contributed by atoms with Gasteiger partial charge in [-0.2, -0.15) is 0 Å². The summed E-state index contributed by atoms with van der Waals surface area (Å²) < 4.78 is 13.4. The van der Waals surface area contributed by atoms with E-state index in [0.29, 0.717) is 19.0 Å². The zero-order valence-corrected chi connectivity index (χ0v) is 11.5. The molecule has 1 saturated carbocycles. The predicted molar refractivity (Wildman–Crippen MR) is 73.0 cm³/mol. The summed E-state index contributed by atoms with van der Waals surface area (Å²) >= 11 is 0. The van der Waals surface area contributed by atoms with Gasteiger partial charge in [0.05, 0.1) is 25.2 Å². The highest BCUT2D eigenvalue weighted by atomic mass is 19.1. The number of carbonyl (C=O) groups excluding carboxylic acids is 2. The van der Waals surface area contributed by atoms with Crippen molar-refractivity contribution in [2.24, 2.45) is 5.92 Å². The zero-order chi connectivity index (χ0) is 15.0. The van der Waals surface area contributed by atoms with E-state index in [0.717, 1.165) is 12.8 Å².